The van der Waals surface area contributed by atoms with Crippen molar-refractivity contribution in [2.45, 2.75) is 37.9 Å². The predicted octanol–water partition coefficient (Wildman–Crippen LogP) is -0.0798. The number of aliphatic hydroxyl groups is 2. The van der Waals surface area contributed by atoms with Gasteiger partial charge >= 0.3 is 5.69 Å². The van der Waals surface area contributed by atoms with E-state index in [2.05, 4.69) is 29.9 Å². The molecule has 1 amide bonds. The molecular formula is C15H24N3O5P. The van der Waals surface area contributed by atoms with Crippen molar-refractivity contribution in [2.75, 3.05) is 24.8 Å². The molecule has 0 bridgehead atoms. The summed E-state index contributed by atoms with van der Waals surface area (Å²) in [5, 5.41) is 22.8. The number of hydrogen-bond acceptors (Lipinski definition) is 6. The van der Waals surface area contributed by atoms with Crippen molar-refractivity contribution in [3.8, 4) is 0 Å². The van der Waals surface area contributed by atoms with Gasteiger partial charge in [-0.05, 0) is 32.0 Å². The number of aromatic nitrogens is 2. The number of carbonyl (C=O) groups excluding carboxylic acids is 1. The fourth-order valence-electron chi connectivity index (χ4n) is 2.53. The number of hydrogen-bond donors (Lipinski definition) is 3. The van der Waals surface area contributed by atoms with Gasteiger partial charge < -0.3 is 20.3 Å². The average Bonchev–Trinajstić information content (AvgIpc) is 2.72. The number of anilines is 1. The van der Waals surface area contributed by atoms with Crippen LogP contribution < -0.4 is 11.0 Å². The van der Waals surface area contributed by atoms with Crippen LogP contribution in [0.5, 0.6) is 0 Å². The van der Waals surface area contributed by atoms with Crippen molar-refractivity contribution in [1.82, 2.24) is 9.55 Å². The highest BCUT2D eigenvalue weighted by molar-refractivity contribution is 7.72. The highest BCUT2D eigenvalue weighted by Crippen LogP contribution is 2.39. The van der Waals surface area contributed by atoms with Crippen molar-refractivity contribution in [1.29, 1.82) is 0 Å². The Kier molecular flexibility index (Phi) is 5.65. The summed E-state index contributed by atoms with van der Waals surface area (Å²) < 4.78 is 6.81. The first-order valence-corrected chi connectivity index (χ1v) is 10.7. The van der Waals surface area contributed by atoms with Crippen molar-refractivity contribution < 1.29 is 19.7 Å². The summed E-state index contributed by atoms with van der Waals surface area (Å²) >= 11 is 0. The van der Waals surface area contributed by atoms with Crippen LogP contribution >= 0.6 is 6.89 Å². The fourth-order valence-corrected chi connectivity index (χ4v) is 3.48. The number of nitrogens with zero attached hydrogens (tertiary/aromatic N) is 2. The molecule has 0 aromatic carbocycles. The Morgan fingerprint density at radius 2 is 2.12 bits per heavy atom. The standard InChI is InChI=1S/C15H24N3O5P/c1-9(19)16-11-5-7-18(15(22)17-11)14-13(21)12(20)10(23-14)6-8-24(2,3)4/h5,7,10,12-14,20-21H,2,6,8H2,1,3-4H3,(H,16,17,19,22)/t10-,12-,13-,14?/m1/s1. The third-order valence-electron chi connectivity index (χ3n) is 3.76. The fraction of sp³-hybridized carbons (Fsp3) is 0.600. The largest absolute Gasteiger partial charge is 0.388 e. The number of aliphatic hydroxyl groups excluding tert-OH is 2. The van der Waals surface area contributed by atoms with Crippen LogP contribution in [0.3, 0.4) is 0 Å². The Hall–Kier alpha value is -1.47. The topological polar surface area (TPSA) is 114 Å². The van der Waals surface area contributed by atoms with E-state index in [-0.39, 0.29) is 11.7 Å². The lowest BCUT2D eigenvalue weighted by Gasteiger charge is -2.18. The molecule has 2 rings (SSSR count). The number of ether oxygens (including phenoxy) is 1. The average molecular weight is 357 g/mol. The number of amides is 1. The summed E-state index contributed by atoms with van der Waals surface area (Å²) in [5.41, 5.74) is -0.678. The van der Waals surface area contributed by atoms with Crippen LogP contribution in [0.2, 0.25) is 0 Å². The minimum Gasteiger partial charge on any atom is -0.388 e. The van der Waals surface area contributed by atoms with Crippen molar-refractivity contribution >= 4 is 24.9 Å². The Balaban J connectivity index is 2.16. The summed E-state index contributed by atoms with van der Waals surface area (Å²) in [5.74, 6) is -0.219. The number of rotatable bonds is 5. The van der Waals surface area contributed by atoms with Crippen LogP contribution in [0.4, 0.5) is 5.82 Å². The molecule has 1 aromatic rings. The molecular weight excluding hydrogens is 333 g/mol. The monoisotopic (exact) mass is 357 g/mol. The van der Waals surface area contributed by atoms with E-state index in [9.17, 15) is 19.8 Å². The molecule has 1 aliphatic rings. The lowest BCUT2D eigenvalue weighted by molar-refractivity contribution is -0.114. The molecule has 0 saturated carbocycles. The molecule has 0 aliphatic carbocycles. The van der Waals surface area contributed by atoms with E-state index < -0.39 is 37.1 Å². The number of carbonyl (C=O) groups is 1. The van der Waals surface area contributed by atoms with Crippen LogP contribution in [0, 0.1) is 0 Å². The maximum atomic E-state index is 12.1. The second-order valence-corrected chi connectivity index (χ2v) is 11.0. The van der Waals surface area contributed by atoms with E-state index in [0.29, 0.717) is 6.42 Å². The first kappa shape index (κ1) is 18.9. The van der Waals surface area contributed by atoms with Crippen LogP contribution in [0.15, 0.2) is 17.1 Å². The molecule has 2 heterocycles. The SMILES string of the molecule is C=P(C)(C)CC[C@H]1OC(n2ccc(NC(C)=O)nc2=O)[C@H](O)[C@@H]1O. The third kappa shape index (κ3) is 4.54. The molecule has 8 nitrogen and oxygen atoms in total. The van der Waals surface area contributed by atoms with Gasteiger partial charge in [-0.15, -0.1) is 13.2 Å². The van der Waals surface area contributed by atoms with Gasteiger partial charge in [-0.3, -0.25) is 9.36 Å². The molecule has 9 heteroatoms. The van der Waals surface area contributed by atoms with Crippen LogP contribution in [0.1, 0.15) is 19.6 Å². The zero-order chi connectivity index (χ0) is 18.1. The minimum atomic E-state index is -1.28. The van der Waals surface area contributed by atoms with Gasteiger partial charge in [-0.25, -0.2) is 4.79 Å². The molecule has 1 unspecified atom stereocenters. The normalized spacial score (nSPS) is 27.2. The van der Waals surface area contributed by atoms with Gasteiger partial charge in [0.1, 0.15) is 18.0 Å². The van der Waals surface area contributed by atoms with Crippen molar-refractivity contribution in [2.24, 2.45) is 0 Å². The molecule has 1 aliphatic heterocycles. The molecule has 1 fully saturated rings. The molecule has 0 spiro atoms. The molecule has 4 atom stereocenters. The van der Waals surface area contributed by atoms with E-state index in [1.54, 1.807) is 0 Å². The lowest BCUT2D eigenvalue weighted by Crippen LogP contribution is -2.35. The maximum Gasteiger partial charge on any atom is 0.351 e. The molecule has 3 N–H and O–H groups in total. The zero-order valence-electron chi connectivity index (χ0n) is 14.0. The van der Waals surface area contributed by atoms with Crippen LogP contribution in [0.25, 0.3) is 0 Å². The minimum absolute atomic E-state index is 0.122. The predicted molar refractivity (Wildman–Crippen MR) is 94.1 cm³/mol. The quantitative estimate of drug-likeness (QED) is 0.635. The van der Waals surface area contributed by atoms with E-state index in [1.165, 1.54) is 19.2 Å². The van der Waals surface area contributed by atoms with Crippen LogP contribution in [-0.2, 0) is 9.53 Å². The molecule has 1 saturated heterocycles. The Morgan fingerprint density at radius 3 is 2.67 bits per heavy atom. The van der Waals surface area contributed by atoms with Gasteiger partial charge in [0.05, 0.1) is 6.10 Å². The summed E-state index contributed by atoms with van der Waals surface area (Å²) in [6, 6.07) is 1.43. The first-order chi connectivity index (χ1) is 11.1. The van der Waals surface area contributed by atoms with Gasteiger partial charge in [0, 0.05) is 13.1 Å². The van der Waals surface area contributed by atoms with Crippen LogP contribution in [-0.4, -0.2) is 69.8 Å². The van der Waals surface area contributed by atoms with E-state index >= 15 is 0 Å². The molecule has 0 radical (unpaired) electrons. The second kappa shape index (κ2) is 7.19. The maximum absolute atomic E-state index is 12.1. The zero-order valence-corrected chi connectivity index (χ0v) is 14.9. The third-order valence-corrected chi connectivity index (χ3v) is 5.23. The first-order valence-electron chi connectivity index (χ1n) is 7.64. The van der Waals surface area contributed by atoms with E-state index in [4.69, 9.17) is 4.74 Å². The second-order valence-electron chi connectivity index (χ2n) is 6.68. The lowest BCUT2D eigenvalue weighted by atomic mass is 10.1. The Labute approximate surface area is 140 Å². The summed E-state index contributed by atoms with van der Waals surface area (Å²) in [4.78, 5) is 26.8. The van der Waals surface area contributed by atoms with E-state index in [1.807, 2.05) is 0 Å². The van der Waals surface area contributed by atoms with Crippen molar-refractivity contribution in [3.63, 3.8) is 0 Å². The van der Waals surface area contributed by atoms with Gasteiger partial charge in [0.15, 0.2) is 6.23 Å². The molecule has 24 heavy (non-hydrogen) atoms. The van der Waals surface area contributed by atoms with Gasteiger partial charge in [-0.2, -0.15) is 4.98 Å². The number of nitrogens with one attached hydrogen (secondary N) is 1. The van der Waals surface area contributed by atoms with Gasteiger partial charge in [0.2, 0.25) is 5.91 Å². The molecule has 134 valence electrons. The highest BCUT2D eigenvalue weighted by Gasteiger charge is 2.43. The van der Waals surface area contributed by atoms with E-state index in [0.717, 1.165) is 10.7 Å². The summed E-state index contributed by atoms with van der Waals surface area (Å²) in [6.07, 6.45) is 2.97. The Bertz CT molecular complexity index is 713. The smallest absolute Gasteiger partial charge is 0.351 e. The summed E-state index contributed by atoms with van der Waals surface area (Å²) in [6.45, 7) is 4.19. The molecule has 1 aromatic heterocycles. The van der Waals surface area contributed by atoms with Gasteiger partial charge in [-0.1, -0.05) is 0 Å². The Morgan fingerprint density at radius 1 is 1.46 bits per heavy atom. The highest BCUT2D eigenvalue weighted by atomic mass is 31.2. The van der Waals surface area contributed by atoms with Gasteiger partial charge in [0.25, 0.3) is 0 Å². The van der Waals surface area contributed by atoms with Crippen molar-refractivity contribution in [3.05, 3.63) is 22.7 Å². The summed E-state index contributed by atoms with van der Waals surface area (Å²) in [7, 11) is 0.